The Morgan fingerprint density at radius 1 is 1.00 bits per heavy atom. The summed E-state index contributed by atoms with van der Waals surface area (Å²) in [5.41, 5.74) is -1.01. The van der Waals surface area contributed by atoms with Crippen molar-refractivity contribution in [3.63, 3.8) is 0 Å². The van der Waals surface area contributed by atoms with Crippen molar-refractivity contribution >= 4 is 0 Å². The van der Waals surface area contributed by atoms with E-state index in [4.69, 9.17) is 0 Å². The molecule has 4 nitrogen and oxygen atoms in total. The Bertz CT molecular complexity index is 596. The third-order valence-corrected chi connectivity index (χ3v) is 2.38. The Morgan fingerprint density at radius 3 is 2.05 bits per heavy atom. The van der Waals surface area contributed by atoms with Gasteiger partial charge in [0.1, 0.15) is 5.69 Å². The van der Waals surface area contributed by atoms with E-state index in [-0.39, 0.29) is 12.2 Å². The van der Waals surface area contributed by atoms with Gasteiger partial charge in [0.2, 0.25) is 5.82 Å². The second-order valence-corrected chi connectivity index (χ2v) is 3.59. The van der Waals surface area contributed by atoms with Crippen LogP contribution in [0.5, 0.6) is 0 Å². The highest BCUT2D eigenvalue weighted by Gasteiger charge is 2.28. The van der Waals surface area contributed by atoms with Crippen LogP contribution in [0, 0.1) is 29.1 Å². The molecule has 0 amide bonds. The molecule has 0 bridgehead atoms. The van der Waals surface area contributed by atoms with E-state index in [9.17, 15) is 22.0 Å². The lowest BCUT2D eigenvalue weighted by Crippen LogP contribution is -2.16. The van der Waals surface area contributed by atoms with Gasteiger partial charge in [-0.1, -0.05) is 5.21 Å². The molecule has 0 fully saturated rings. The summed E-state index contributed by atoms with van der Waals surface area (Å²) in [6.07, 6.45) is 1.15. The van der Waals surface area contributed by atoms with Gasteiger partial charge in [-0.05, 0) is 7.05 Å². The number of nitrogens with one attached hydrogen (secondary N) is 1. The highest BCUT2D eigenvalue weighted by molar-refractivity contribution is 5.37. The fourth-order valence-electron chi connectivity index (χ4n) is 1.53. The quantitative estimate of drug-likeness (QED) is 0.528. The molecule has 0 radical (unpaired) electrons. The fourth-order valence-corrected chi connectivity index (χ4v) is 1.53. The molecule has 2 rings (SSSR count). The lowest BCUT2D eigenvalue weighted by atomic mass is 10.2. The molecule has 102 valence electrons. The van der Waals surface area contributed by atoms with Gasteiger partial charge in [-0.15, -0.1) is 5.10 Å². The molecule has 9 heteroatoms. The average molecular weight is 278 g/mol. The van der Waals surface area contributed by atoms with E-state index < -0.39 is 34.8 Å². The molecule has 0 aliphatic rings. The number of rotatable bonds is 3. The first-order valence-electron chi connectivity index (χ1n) is 5.05. The summed E-state index contributed by atoms with van der Waals surface area (Å²) in [7, 11) is 1.54. The predicted octanol–water partition coefficient (Wildman–Crippen LogP) is 1.68. The number of aromatic nitrogens is 3. The number of halogens is 5. The van der Waals surface area contributed by atoms with Crippen molar-refractivity contribution in [3.8, 4) is 5.69 Å². The number of nitrogens with zero attached hydrogens (tertiary/aromatic N) is 3. The van der Waals surface area contributed by atoms with Crippen molar-refractivity contribution < 1.29 is 22.0 Å². The predicted molar refractivity (Wildman–Crippen MR) is 53.9 cm³/mol. The molecule has 0 atom stereocenters. The van der Waals surface area contributed by atoms with E-state index in [2.05, 4.69) is 15.6 Å². The van der Waals surface area contributed by atoms with E-state index in [0.717, 1.165) is 6.20 Å². The maximum atomic E-state index is 13.6. The number of hydrogen-bond donors (Lipinski definition) is 1. The van der Waals surface area contributed by atoms with Crippen LogP contribution < -0.4 is 5.32 Å². The molecule has 0 aliphatic carbocycles. The summed E-state index contributed by atoms with van der Waals surface area (Å²) in [4.78, 5) is 0. The molecule has 0 aliphatic heterocycles. The summed E-state index contributed by atoms with van der Waals surface area (Å²) in [5, 5.41) is 9.36. The molecular weight excluding hydrogens is 271 g/mol. The van der Waals surface area contributed by atoms with Crippen molar-refractivity contribution in [2.45, 2.75) is 6.54 Å². The molecular formula is C10H7F5N4. The van der Waals surface area contributed by atoms with E-state index in [1.54, 1.807) is 0 Å². The van der Waals surface area contributed by atoms with Crippen molar-refractivity contribution in [3.05, 3.63) is 41.0 Å². The topological polar surface area (TPSA) is 42.7 Å². The van der Waals surface area contributed by atoms with Crippen LogP contribution in [-0.2, 0) is 6.54 Å². The first-order chi connectivity index (χ1) is 8.99. The van der Waals surface area contributed by atoms with Crippen molar-refractivity contribution in [2.24, 2.45) is 0 Å². The van der Waals surface area contributed by atoms with Crippen LogP contribution in [0.15, 0.2) is 6.20 Å². The molecule has 1 aromatic carbocycles. The van der Waals surface area contributed by atoms with Gasteiger partial charge in [0.15, 0.2) is 23.3 Å². The third-order valence-electron chi connectivity index (χ3n) is 2.38. The number of hydrogen-bond acceptors (Lipinski definition) is 3. The van der Waals surface area contributed by atoms with E-state index in [1.165, 1.54) is 7.05 Å². The van der Waals surface area contributed by atoms with Crippen LogP contribution in [0.2, 0.25) is 0 Å². The molecule has 0 unspecified atom stereocenters. The van der Waals surface area contributed by atoms with Crippen LogP contribution in [0.1, 0.15) is 5.69 Å². The minimum atomic E-state index is -2.21. The van der Waals surface area contributed by atoms with Crippen LogP contribution >= 0.6 is 0 Å². The van der Waals surface area contributed by atoms with E-state index in [1.807, 2.05) is 0 Å². The molecule has 0 saturated heterocycles. The highest BCUT2D eigenvalue weighted by Crippen LogP contribution is 2.26. The molecule has 1 N–H and O–H groups in total. The second-order valence-electron chi connectivity index (χ2n) is 3.59. The Hall–Kier alpha value is -2.03. The summed E-state index contributed by atoms with van der Waals surface area (Å²) in [6.45, 7) is 0.0898. The van der Waals surface area contributed by atoms with Gasteiger partial charge in [0.25, 0.3) is 0 Å². The zero-order chi connectivity index (χ0) is 14.2. The SMILES string of the molecule is CNCc1cnnn1-c1c(F)c(F)c(F)c(F)c1F. The monoisotopic (exact) mass is 278 g/mol. The van der Waals surface area contributed by atoms with Gasteiger partial charge in [0.05, 0.1) is 11.9 Å². The zero-order valence-corrected chi connectivity index (χ0v) is 9.52. The Balaban J connectivity index is 2.72. The third kappa shape index (κ3) is 2.05. The lowest BCUT2D eigenvalue weighted by Gasteiger charge is -2.10. The van der Waals surface area contributed by atoms with Crippen LogP contribution in [-0.4, -0.2) is 22.0 Å². The van der Waals surface area contributed by atoms with E-state index >= 15 is 0 Å². The number of benzene rings is 1. The summed E-state index contributed by atoms with van der Waals surface area (Å²) >= 11 is 0. The van der Waals surface area contributed by atoms with Gasteiger partial charge in [-0.2, -0.15) is 0 Å². The standard InChI is InChI=1S/C10H7F5N4/c1-16-2-4-3-17-18-19(4)10-8(14)6(12)5(11)7(13)9(10)15/h3,16H,2H2,1H3. The normalized spacial score (nSPS) is 11.1. The molecule has 19 heavy (non-hydrogen) atoms. The van der Waals surface area contributed by atoms with Gasteiger partial charge in [-0.25, -0.2) is 26.6 Å². The molecule has 0 saturated carbocycles. The highest BCUT2D eigenvalue weighted by atomic mass is 19.2. The lowest BCUT2D eigenvalue weighted by molar-refractivity contribution is 0.372. The van der Waals surface area contributed by atoms with Gasteiger partial charge < -0.3 is 5.32 Å². The Morgan fingerprint density at radius 2 is 1.53 bits per heavy atom. The smallest absolute Gasteiger partial charge is 0.200 e. The average Bonchev–Trinajstić information content (AvgIpc) is 2.83. The minimum absolute atomic E-state index is 0.0898. The summed E-state index contributed by atoms with van der Waals surface area (Å²) in [6, 6.07) is 0. The Labute approximate surface area is 103 Å². The maximum absolute atomic E-state index is 13.6. The maximum Gasteiger partial charge on any atom is 0.200 e. The van der Waals surface area contributed by atoms with Crippen LogP contribution in [0.3, 0.4) is 0 Å². The Kier molecular flexibility index (Phi) is 3.47. The van der Waals surface area contributed by atoms with Crippen molar-refractivity contribution in [1.29, 1.82) is 0 Å². The summed E-state index contributed by atoms with van der Waals surface area (Å²) in [5.74, 6) is -10.2. The molecule has 0 spiro atoms. The summed E-state index contributed by atoms with van der Waals surface area (Å²) < 4.78 is 66.7. The second kappa shape index (κ2) is 4.92. The van der Waals surface area contributed by atoms with Gasteiger partial charge >= 0.3 is 0 Å². The largest absolute Gasteiger partial charge is 0.314 e. The molecule has 2 aromatic rings. The molecule has 1 aromatic heterocycles. The first kappa shape index (κ1) is 13.4. The minimum Gasteiger partial charge on any atom is -0.314 e. The van der Waals surface area contributed by atoms with Crippen molar-refractivity contribution in [2.75, 3.05) is 7.05 Å². The zero-order valence-electron chi connectivity index (χ0n) is 9.52. The van der Waals surface area contributed by atoms with Gasteiger partial charge in [0, 0.05) is 6.54 Å². The van der Waals surface area contributed by atoms with E-state index in [0.29, 0.717) is 4.68 Å². The first-order valence-corrected chi connectivity index (χ1v) is 5.05. The van der Waals surface area contributed by atoms with Crippen molar-refractivity contribution in [1.82, 2.24) is 20.3 Å². The van der Waals surface area contributed by atoms with Gasteiger partial charge in [-0.3, -0.25) is 0 Å². The van der Waals surface area contributed by atoms with Crippen LogP contribution in [0.4, 0.5) is 22.0 Å². The fraction of sp³-hybridized carbons (Fsp3) is 0.200. The molecule has 1 heterocycles. The van der Waals surface area contributed by atoms with Crippen LogP contribution in [0.25, 0.3) is 5.69 Å².